The highest BCUT2D eigenvalue weighted by atomic mass is 16.7. The van der Waals surface area contributed by atoms with Crippen molar-refractivity contribution in [1.82, 2.24) is 5.32 Å². The van der Waals surface area contributed by atoms with Crippen LogP contribution in [-0.4, -0.2) is 25.2 Å². The van der Waals surface area contributed by atoms with Gasteiger partial charge in [0.2, 0.25) is 6.79 Å². The molecule has 4 rings (SSSR count). The van der Waals surface area contributed by atoms with Crippen LogP contribution in [0.4, 0.5) is 5.69 Å². The van der Waals surface area contributed by atoms with Gasteiger partial charge in [-0.3, -0.25) is 9.59 Å². The van der Waals surface area contributed by atoms with Crippen LogP contribution in [0.5, 0.6) is 11.5 Å². The van der Waals surface area contributed by atoms with Gasteiger partial charge in [0, 0.05) is 29.4 Å². The van der Waals surface area contributed by atoms with E-state index in [9.17, 15) is 9.59 Å². The lowest BCUT2D eigenvalue weighted by molar-refractivity contribution is 0.0954. The molecule has 0 saturated heterocycles. The standard InChI is InChI=1S/C23H20N2O4/c26-22(24-12-11-16-5-2-1-3-6-16)17-7-4-8-18(13-17)23(27)25-19-9-10-20-21(14-19)29-15-28-20/h1-10,13-14H,11-12,15H2,(H,24,26)(H,25,27). The van der Waals surface area contributed by atoms with Gasteiger partial charge >= 0.3 is 0 Å². The first-order valence-electron chi connectivity index (χ1n) is 9.32. The zero-order valence-corrected chi connectivity index (χ0v) is 15.7. The Labute approximate surface area is 168 Å². The summed E-state index contributed by atoms with van der Waals surface area (Å²) in [6.45, 7) is 0.699. The van der Waals surface area contributed by atoms with Gasteiger partial charge in [0.25, 0.3) is 11.8 Å². The molecule has 146 valence electrons. The van der Waals surface area contributed by atoms with Crippen LogP contribution >= 0.6 is 0 Å². The van der Waals surface area contributed by atoms with Crippen LogP contribution in [0.3, 0.4) is 0 Å². The van der Waals surface area contributed by atoms with E-state index in [1.807, 2.05) is 30.3 Å². The molecule has 0 spiro atoms. The Kier molecular flexibility index (Phi) is 5.42. The highest BCUT2D eigenvalue weighted by Gasteiger charge is 2.15. The number of amides is 2. The van der Waals surface area contributed by atoms with Gasteiger partial charge < -0.3 is 20.1 Å². The maximum Gasteiger partial charge on any atom is 0.255 e. The molecule has 3 aromatic rings. The van der Waals surface area contributed by atoms with Gasteiger partial charge in [-0.25, -0.2) is 0 Å². The number of hydrogen-bond acceptors (Lipinski definition) is 4. The maximum atomic E-state index is 12.6. The first kappa shape index (κ1) is 18.6. The minimum atomic E-state index is -0.303. The Balaban J connectivity index is 1.37. The number of fused-ring (bicyclic) bond motifs is 1. The molecule has 1 heterocycles. The van der Waals surface area contributed by atoms with Crippen LogP contribution in [0.2, 0.25) is 0 Å². The second-order valence-electron chi connectivity index (χ2n) is 6.59. The zero-order chi connectivity index (χ0) is 20.1. The predicted octanol–water partition coefficient (Wildman–Crippen LogP) is 3.64. The van der Waals surface area contributed by atoms with Crippen LogP contribution in [-0.2, 0) is 6.42 Å². The molecule has 3 aromatic carbocycles. The van der Waals surface area contributed by atoms with Gasteiger partial charge in [0.05, 0.1) is 0 Å². The van der Waals surface area contributed by atoms with Gasteiger partial charge in [-0.15, -0.1) is 0 Å². The molecule has 1 aliphatic heterocycles. The van der Waals surface area contributed by atoms with Crippen molar-refractivity contribution in [2.75, 3.05) is 18.7 Å². The van der Waals surface area contributed by atoms with Crippen molar-refractivity contribution in [3.05, 3.63) is 89.5 Å². The summed E-state index contributed by atoms with van der Waals surface area (Å²) < 4.78 is 10.6. The van der Waals surface area contributed by atoms with Crippen molar-refractivity contribution in [3.63, 3.8) is 0 Å². The molecule has 29 heavy (non-hydrogen) atoms. The first-order valence-corrected chi connectivity index (χ1v) is 9.32. The summed E-state index contributed by atoms with van der Waals surface area (Å²) in [7, 11) is 0. The quantitative estimate of drug-likeness (QED) is 0.676. The van der Waals surface area contributed by atoms with E-state index < -0.39 is 0 Å². The molecule has 0 bridgehead atoms. The van der Waals surface area contributed by atoms with E-state index in [0.717, 1.165) is 12.0 Å². The van der Waals surface area contributed by atoms with Gasteiger partial charge in [-0.05, 0) is 42.3 Å². The lowest BCUT2D eigenvalue weighted by Gasteiger charge is -2.09. The lowest BCUT2D eigenvalue weighted by Crippen LogP contribution is -2.26. The summed E-state index contributed by atoms with van der Waals surface area (Å²) in [5.74, 6) is 0.730. The third-order valence-corrected chi connectivity index (χ3v) is 4.56. The summed E-state index contributed by atoms with van der Waals surface area (Å²) in [6.07, 6.45) is 0.747. The summed E-state index contributed by atoms with van der Waals surface area (Å²) in [6, 6.07) is 21.8. The highest BCUT2D eigenvalue weighted by Crippen LogP contribution is 2.34. The van der Waals surface area contributed by atoms with Crippen molar-refractivity contribution < 1.29 is 19.1 Å². The van der Waals surface area contributed by atoms with E-state index >= 15 is 0 Å². The van der Waals surface area contributed by atoms with E-state index in [2.05, 4.69) is 10.6 Å². The molecule has 2 N–H and O–H groups in total. The van der Waals surface area contributed by atoms with E-state index in [0.29, 0.717) is 34.9 Å². The molecule has 0 radical (unpaired) electrons. The lowest BCUT2D eigenvalue weighted by atomic mass is 10.1. The smallest absolute Gasteiger partial charge is 0.255 e. The molecule has 2 amide bonds. The third kappa shape index (κ3) is 4.55. The Morgan fingerprint density at radius 3 is 2.38 bits per heavy atom. The zero-order valence-electron chi connectivity index (χ0n) is 15.7. The van der Waals surface area contributed by atoms with Gasteiger partial charge in [0.15, 0.2) is 11.5 Å². The Hall–Kier alpha value is -3.80. The average Bonchev–Trinajstić information content (AvgIpc) is 3.22. The average molecular weight is 388 g/mol. The number of carbonyl (C=O) groups excluding carboxylic acids is 2. The SMILES string of the molecule is O=C(NCCc1ccccc1)c1cccc(C(=O)Nc2ccc3c(c2)OCO3)c1. The number of nitrogens with one attached hydrogen (secondary N) is 2. The second kappa shape index (κ2) is 8.48. The van der Waals surface area contributed by atoms with Crippen molar-refractivity contribution >= 4 is 17.5 Å². The minimum Gasteiger partial charge on any atom is -0.454 e. The Bertz CT molecular complexity index is 1030. The molecule has 0 fully saturated rings. The second-order valence-corrected chi connectivity index (χ2v) is 6.59. The molecule has 6 nitrogen and oxygen atoms in total. The Morgan fingerprint density at radius 1 is 0.793 bits per heavy atom. The number of anilines is 1. The largest absolute Gasteiger partial charge is 0.454 e. The molecule has 6 heteroatoms. The summed E-state index contributed by atoms with van der Waals surface area (Å²) in [5.41, 5.74) is 2.59. The number of ether oxygens (including phenoxy) is 2. The van der Waals surface area contributed by atoms with Crippen LogP contribution in [0.1, 0.15) is 26.3 Å². The molecular formula is C23H20N2O4. The minimum absolute atomic E-state index is 0.175. The summed E-state index contributed by atoms with van der Waals surface area (Å²) >= 11 is 0. The molecular weight excluding hydrogens is 368 g/mol. The van der Waals surface area contributed by atoms with Gasteiger partial charge in [-0.2, -0.15) is 0 Å². The molecule has 0 atom stereocenters. The maximum absolute atomic E-state index is 12.6. The fraction of sp³-hybridized carbons (Fsp3) is 0.130. The number of rotatable bonds is 6. The molecule has 0 unspecified atom stereocenters. The van der Waals surface area contributed by atoms with E-state index in [-0.39, 0.29) is 18.6 Å². The van der Waals surface area contributed by atoms with E-state index in [1.165, 1.54) is 0 Å². The molecule has 1 aliphatic rings. The first-order chi connectivity index (χ1) is 14.2. The van der Waals surface area contributed by atoms with Crippen molar-refractivity contribution in [3.8, 4) is 11.5 Å². The number of hydrogen-bond donors (Lipinski definition) is 2. The topological polar surface area (TPSA) is 76.7 Å². The normalized spacial score (nSPS) is 11.7. The van der Waals surface area contributed by atoms with Crippen LogP contribution in [0.15, 0.2) is 72.8 Å². The molecule has 0 aromatic heterocycles. The van der Waals surface area contributed by atoms with Crippen molar-refractivity contribution in [1.29, 1.82) is 0 Å². The predicted molar refractivity (Wildman–Crippen MR) is 109 cm³/mol. The highest BCUT2D eigenvalue weighted by molar-refractivity contribution is 6.06. The van der Waals surface area contributed by atoms with Crippen LogP contribution < -0.4 is 20.1 Å². The van der Waals surface area contributed by atoms with Gasteiger partial charge in [0.1, 0.15) is 0 Å². The Morgan fingerprint density at radius 2 is 1.55 bits per heavy atom. The van der Waals surface area contributed by atoms with E-state index in [4.69, 9.17) is 9.47 Å². The van der Waals surface area contributed by atoms with Crippen molar-refractivity contribution in [2.24, 2.45) is 0 Å². The monoisotopic (exact) mass is 388 g/mol. The van der Waals surface area contributed by atoms with E-state index in [1.54, 1.807) is 42.5 Å². The summed E-state index contributed by atoms with van der Waals surface area (Å²) in [5, 5.41) is 5.70. The number of carbonyl (C=O) groups is 2. The van der Waals surface area contributed by atoms with Crippen molar-refractivity contribution in [2.45, 2.75) is 6.42 Å². The van der Waals surface area contributed by atoms with Gasteiger partial charge in [-0.1, -0.05) is 36.4 Å². The third-order valence-electron chi connectivity index (χ3n) is 4.56. The fourth-order valence-electron chi connectivity index (χ4n) is 3.05. The van der Waals surface area contributed by atoms with Crippen LogP contribution in [0, 0.1) is 0 Å². The summed E-state index contributed by atoms with van der Waals surface area (Å²) in [4.78, 5) is 25.0. The molecule has 0 aliphatic carbocycles. The number of benzene rings is 3. The van der Waals surface area contributed by atoms with Crippen LogP contribution in [0.25, 0.3) is 0 Å². The molecule has 0 saturated carbocycles. The fourth-order valence-corrected chi connectivity index (χ4v) is 3.05.